The van der Waals surface area contributed by atoms with Gasteiger partial charge in [0.25, 0.3) is 0 Å². The summed E-state index contributed by atoms with van der Waals surface area (Å²) in [5.41, 5.74) is 0.710. The number of carbonyl (C=O) groups is 9. The van der Waals surface area contributed by atoms with E-state index in [1.165, 1.54) is 30.6 Å². The molecule has 0 aromatic rings. The molecular weight excluding hydrogens is 1050 g/mol. The number of hydrogen-bond donors (Lipinski definition) is 7. The van der Waals surface area contributed by atoms with Crippen LogP contribution in [0, 0.1) is 0 Å². The highest BCUT2D eigenvalue weighted by molar-refractivity contribution is 5.87. The second kappa shape index (κ2) is 46.9. The quantitative estimate of drug-likeness (QED) is 0.00864. The van der Waals surface area contributed by atoms with Crippen molar-refractivity contribution in [2.45, 2.75) is 20.8 Å². The lowest BCUT2D eigenvalue weighted by atomic mass is 10.3. The molecule has 0 aromatic heterocycles. The van der Waals surface area contributed by atoms with Crippen molar-refractivity contribution < 1.29 is 127 Å². The maximum atomic E-state index is 12.2. The maximum Gasteiger partial charge on any atom is 0.333 e. The molecule has 0 bridgehead atoms. The van der Waals surface area contributed by atoms with Crippen LogP contribution in [0.4, 0.5) is 0 Å². The molecule has 0 spiro atoms. The van der Waals surface area contributed by atoms with Gasteiger partial charge >= 0.3 is 53.7 Å². The van der Waals surface area contributed by atoms with E-state index in [0.717, 1.165) is 0 Å². The highest BCUT2D eigenvalue weighted by atomic mass is 17.2. The topological polar surface area (TPSA) is 407 Å². The number of hydrogen-bond acceptors (Lipinski definition) is 27. The molecule has 0 aliphatic heterocycles. The molecule has 0 radical (unpaired) electrons. The summed E-state index contributed by atoms with van der Waals surface area (Å²) in [7, 11) is 0. The van der Waals surface area contributed by atoms with Crippen molar-refractivity contribution in [1.82, 2.24) is 29.4 Å². The number of rotatable bonds is 50. The van der Waals surface area contributed by atoms with E-state index in [-0.39, 0.29) is 148 Å². The molecule has 0 amide bonds. The van der Waals surface area contributed by atoms with E-state index < -0.39 is 73.4 Å². The van der Waals surface area contributed by atoms with E-state index in [1.807, 2.05) is 9.80 Å². The molecule has 0 heterocycles. The van der Waals surface area contributed by atoms with Gasteiger partial charge in [0.15, 0.2) is 0 Å². The number of ether oxygens (including phenoxy) is 4. The monoisotopic (exact) mass is 1130 g/mol. The molecule has 0 aliphatic carbocycles. The zero-order chi connectivity index (χ0) is 59.3. The summed E-state index contributed by atoms with van der Waals surface area (Å²) >= 11 is 0. The number of carbonyl (C=O) groups excluding carboxylic acids is 4. The second-order valence-electron chi connectivity index (χ2n) is 16.5. The lowest BCUT2D eigenvalue weighted by Gasteiger charge is -2.28. The van der Waals surface area contributed by atoms with E-state index in [1.54, 1.807) is 9.80 Å². The Bertz CT molecular complexity index is 1830. The molecule has 32 heteroatoms. The minimum absolute atomic E-state index is 0.00595. The average Bonchev–Trinajstić information content (AvgIpc) is 3.35. The van der Waals surface area contributed by atoms with Crippen LogP contribution in [0.5, 0.6) is 0 Å². The molecule has 0 aliphatic rings. The summed E-state index contributed by atoms with van der Waals surface area (Å²) in [4.78, 5) is 139. The number of nitrogens with zero attached hydrogens (tertiary/aromatic N) is 6. The molecule has 0 saturated heterocycles. The van der Waals surface area contributed by atoms with Gasteiger partial charge in [0, 0.05) is 95.3 Å². The molecule has 78 heavy (non-hydrogen) atoms. The average molecular weight is 1130 g/mol. The highest BCUT2D eigenvalue weighted by Crippen LogP contribution is 2.02. The Morgan fingerprint density at radius 3 is 0.859 bits per heavy atom. The molecule has 0 atom stereocenters. The van der Waals surface area contributed by atoms with Crippen molar-refractivity contribution in [2.24, 2.45) is 0 Å². The van der Waals surface area contributed by atoms with Crippen LogP contribution in [0.25, 0.3) is 0 Å². The van der Waals surface area contributed by atoms with Crippen LogP contribution in [0.3, 0.4) is 0 Å². The Labute approximate surface area is 451 Å². The zero-order valence-corrected chi connectivity index (χ0v) is 44.5. The van der Waals surface area contributed by atoms with Crippen molar-refractivity contribution in [2.75, 3.05) is 184 Å². The molecule has 0 rings (SSSR count). The van der Waals surface area contributed by atoms with Gasteiger partial charge in [-0.1, -0.05) is 19.7 Å². The Hall–Kier alpha value is -6.11. The van der Waals surface area contributed by atoms with Crippen molar-refractivity contribution in [1.29, 1.82) is 0 Å². The van der Waals surface area contributed by atoms with Crippen molar-refractivity contribution in [3.63, 3.8) is 0 Å². The van der Waals surface area contributed by atoms with E-state index in [9.17, 15) is 58.5 Å². The second-order valence-corrected chi connectivity index (χ2v) is 16.5. The summed E-state index contributed by atoms with van der Waals surface area (Å²) in [6, 6.07) is 0. The Morgan fingerprint density at radius 2 is 0.551 bits per heavy atom. The van der Waals surface area contributed by atoms with Gasteiger partial charge < -0.3 is 44.5 Å². The first kappa shape index (κ1) is 74.0. The summed E-state index contributed by atoms with van der Waals surface area (Å²) in [6.45, 7) is 14.7. The standard InChI is InChI=1S/C26H43N3O14.C20H35N3O12/c1-20(2)25(35)39-14-13-38-24(34)19-29(18-23(32)33)8-7-28(17-22(30)31)6-5-27(9-11-41-37)10-12-42-43-16-15-40-26(36)21(3)4;1-16(2)20(30)32-11-12-35-34-10-8-21(7-9-33-31)3-4-22(13-17(24)25)5-6-23(14-18(26)27)15-19(28)29/h37H,1,3,5-19H2,2,4H3,(H,30,31)(H,32,33);31H,1,3-15H2,2H3,(H,24,25)(H,26,27)(H,28,29). The third-order valence-corrected chi connectivity index (χ3v) is 9.65. The van der Waals surface area contributed by atoms with Gasteiger partial charge in [0.2, 0.25) is 0 Å². The van der Waals surface area contributed by atoms with Crippen molar-refractivity contribution in [3.8, 4) is 0 Å². The van der Waals surface area contributed by atoms with Crippen LogP contribution in [-0.2, 0) is 91.4 Å². The fourth-order valence-corrected chi connectivity index (χ4v) is 5.86. The van der Waals surface area contributed by atoms with Gasteiger partial charge in [-0.2, -0.15) is 0 Å². The minimum atomic E-state index is -1.20. The SMILES string of the molecule is C=C(C)C(=O)OCCOOCCN(CCOO)CCN(CCN(CC(=O)O)CC(=O)O)CC(=O)O.C=C(C)C(=O)OCCOOCCN(CCOO)CCN(CCN(CC(=O)O)CC(=O)OCCOC(=O)C(=C)C)CC(=O)O. The predicted molar refractivity (Wildman–Crippen MR) is 266 cm³/mol. The third kappa shape index (κ3) is 46.0. The summed E-state index contributed by atoms with van der Waals surface area (Å²) in [6.07, 6.45) is 0. The first-order valence-electron chi connectivity index (χ1n) is 24.0. The van der Waals surface area contributed by atoms with E-state index >= 15 is 0 Å². The van der Waals surface area contributed by atoms with Crippen LogP contribution in [0.1, 0.15) is 20.8 Å². The van der Waals surface area contributed by atoms with Gasteiger partial charge in [-0.3, -0.25) is 68.7 Å². The smallest absolute Gasteiger partial charge is 0.333 e. The molecule has 448 valence electrons. The number of carboxylic acid groups (broad SMARTS) is 5. The zero-order valence-electron chi connectivity index (χ0n) is 44.5. The van der Waals surface area contributed by atoms with Crippen LogP contribution in [0.2, 0.25) is 0 Å². The number of aliphatic carboxylic acids is 5. The fourth-order valence-electron chi connectivity index (χ4n) is 5.86. The maximum absolute atomic E-state index is 12.2. The molecule has 0 saturated carbocycles. The van der Waals surface area contributed by atoms with Gasteiger partial charge in [-0.05, 0) is 20.8 Å². The van der Waals surface area contributed by atoms with Crippen LogP contribution in [-0.4, -0.2) is 303 Å². The minimum Gasteiger partial charge on any atom is -0.480 e. The summed E-state index contributed by atoms with van der Waals surface area (Å²) in [5.74, 6) is -8.25. The molecule has 7 N–H and O–H groups in total. The lowest BCUT2D eigenvalue weighted by molar-refractivity contribution is -0.299. The Balaban J connectivity index is 0. The number of esters is 4. The number of carboxylic acids is 5. The molecule has 0 fully saturated rings. The molecule has 0 unspecified atom stereocenters. The Kier molecular flexibility index (Phi) is 44.5. The molecule has 32 nitrogen and oxygen atoms in total. The molecular formula is C46H78N6O26. The third-order valence-electron chi connectivity index (χ3n) is 9.65. The van der Waals surface area contributed by atoms with E-state index in [4.69, 9.17) is 59.2 Å². The fraction of sp³-hybridized carbons (Fsp3) is 0.674. The van der Waals surface area contributed by atoms with Crippen LogP contribution in [0.15, 0.2) is 36.5 Å². The molecule has 0 aromatic carbocycles. The van der Waals surface area contributed by atoms with Gasteiger partial charge in [-0.25, -0.2) is 43.7 Å². The van der Waals surface area contributed by atoms with Crippen molar-refractivity contribution >= 4 is 53.7 Å². The summed E-state index contributed by atoms with van der Waals surface area (Å²) < 4.78 is 19.5. The lowest BCUT2D eigenvalue weighted by Crippen LogP contribution is -2.45. The van der Waals surface area contributed by atoms with Gasteiger partial charge in [0.1, 0.15) is 39.6 Å². The normalized spacial score (nSPS) is 11.1. The first-order valence-corrected chi connectivity index (χ1v) is 24.0. The van der Waals surface area contributed by atoms with Gasteiger partial charge in [-0.15, -0.1) is 0 Å². The van der Waals surface area contributed by atoms with Crippen LogP contribution < -0.4 is 0 Å². The largest absolute Gasteiger partial charge is 0.480 e. The predicted octanol–water partition coefficient (Wildman–Crippen LogP) is -2.02. The summed E-state index contributed by atoms with van der Waals surface area (Å²) in [5, 5.41) is 63.0. The van der Waals surface area contributed by atoms with Crippen LogP contribution >= 0.6 is 0 Å². The van der Waals surface area contributed by atoms with E-state index in [2.05, 4.69) is 29.5 Å². The van der Waals surface area contributed by atoms with Gasteiger partial charge in [0.05, 0.1) is 65.7 Å². The van der Waals surface area contributed by atoms with Crippen molar-refractivity contribution in [3.05, 3.63) is 36.5 Å². The van der Waals surface area contributed by atoms with E-state index in [0.29, 0.717) is 32.7 Å². The first-order chi connectivity index (χ1) is 36.9. The highest BCUT2D eigenvalue weighted by Gasteiger charge is 2.21. The Morgan fingerprint density at radius 1 is 0.308 bits per heavy atom.